The van der Waals surface area contributed by atoms with E-state index in [1.165, 1.54) is 44.3 Å². The first kappa shape index (κ1) is 13.9. The molecule has 1 saturated heterocycles. The molecule has 2 fully saturated rings. The highest BCUT2D eigenvalue weighted by molar-refractivity contribution is 5.31. The molecule has 3 heteroatoms. The lowest BCUT2D eigenvalue weighted by molar-refractivity contribution is 0.188. The topological polar surface area (TPSA) is 24.5 Å². The zero-order valence-electron chi connectivity index (χ0n) is 12.5. The normalized spacial score (nSPS) is 22.4. The van der Waals surface area contributed by atoms with E-state index in [0.717, 1.165) is 24.9 Å². The maximum absolute atomic E-state index is 5.95. The third kappa shape index (κ3) is 3.74. The molecule has 1 heterocycles. The van der Waals surface area contributed by atoms with Crippen molar-refractivity contribution < 1.29 is 4.74 Å². The fourth-order valence-electron chi connectivity index (χ4n) is 3.05. The molecule has 20 heavy (non-hydrogen) atoms. The Hall–Kier alpha value is -1.06. The van der Waals surface area contributed by atoms with Gasteiger partial charge < -0.3 is 10.1 Å². The van der Waals surface area contributed by atoms with Crippen LogP contribution in [-0.2, 0) is 0 Å². The first-order valence-electron chi connectivity index (χ1n) is 7.99. The Morgan fingerprint density at radius 1 is 1.25 bits per heavy atom. The van der Waals surface area contributed by atoms with E-state index in [9.17, 15) is 0 Å². The van der Waals surface area contributed by atoms with E-state index in [2.05, 4.69) is 35.3 Å². The molecule has 1 aliphatic carbocycles. The van der Waals surface area contributed by atoms with Crippen molar-refractivity contribution in [2.24, 2.45) is 0 Å². The van der Waals surface area contributed by atoms with Crippen molar-refractivity contribution in [1.29, 1.82) is 0 Å². The molecule has 2 aliphatic rings. The van der Waals surface area contributed by atoms with E-state index in [4.69, 9.17) is 4.74 Å². The SMILES string of the molecule is Cc1ccccc1OCCN(CC1CCCN1)C1CC1. The number of para-hydroxylation sites is 1. The van der Waals surface area contributed by atoms with Gasteiger partial charge in [-0.25, -0.2) is 0 Å². The van der Waals surface area contributed by atoms with Crippen molar-refractivity contribution in [3.05, 3.63) is 29.8 Å². The van der Waals surface area contributed by atoms with Crippen LogP contribution in [0.2, 0.25) is 0 Å². The van der Waals surface area contributed by atoms with Gasteiger partial charge in [0, 0.05) is 25.2 Å². The second-order valence-corrected chi connectivity index (χ2v) is 6.13. The van der Waals surface area contributed by atoms with Gasteiger partial charge in [-0.1, -0.05) is 18.2 Å². The molecule has 1 saturated carbocycles. The third-order valence-electron chi connectivity index (χ3n) is 4.41. The monoisotopic (exact) mass is 274 g/mol. The molecule has 3 nitrogen and oxygen atoms in total. The van der Waals surface area contributed by atoms with E-state index in [0.29, 0.717) is 6.04 Å². The van der Waals surface area contributed by atoms with Gasteiger partial charge in [-0.15, -0.1) is 0 Å². The van der Waals surface area contributed by atoms with Gasteiger partial charge in [0.15, 0.2) is 0 Å². The Balaban J connectivity index is 1.46. The molecule has 3 rings (SSSR count). The van der Waals surface area contributed by atoms with Crippen molar-refractivity contribution in [2.45, 2.75) is 44.7 Å². The second kappa shape index (κ2) is 6.59. The van der Waals surface area contributed by atoms with Gasteiger partial charge in [0.2, 0.25) is 0 Å². The molecule has 0 spiro atoms. The summed E-state index contributed by atoms with van der Waals surface area (Å²) < 4.78 is 5.95. The summed E-state index contributed by atoms with van der Waals surface area (Å²) in [5, 5.41) is 3.60. The number of nitrogens with zero attached hydrogens (tertiary/aromatic N) is 1. The summed E-state index contributed by atoms with van der Waals surface area (Å²) >= 11 is 0. The number of benzene rings is 1. The lowest BCUT2D eigenvalue weighted by atomic mass is 10.2. The van der Waals surface area contributed by atoms with Crippen LogP contribution >= 0.6 is 0 Å². The van der Waals surface area contributed by atoms with Crippen LogP contribution in [0.1, 0.15) is 31.2 Å². The smallest absolute Gasteiger partial charge is 0.122 e. The lowest BCUT2D eigenvalue weighted by Crippen LogP contribution is -2.40. The number of ether oxygens (including phenoxy) is 1. The molecule has 1 aliphatic heterocycles. The predicted molar refractivity (Wildman–Crippen MR) is 82.3 cm³/mol. The van der Waals surface area contributed by atoms with Crippen LogP contribution in [0, 0.1) is 6.92 Å². The Morgan fingerprint density at radius 3 is 2.80 bits per heavy atom. The minimum Gasteiger partial charge on any atom is -0.492 e. The summed E-state index contributed by atoms with van der Waals surface area (Å²) in [5.41, 5.74) is 1.22. The molecule has 1 atom stereocenters. The molecule has 0 amide bonds. The predicted octanol–water partition coefficient (Wildman–Crippen LogP) is 2.59. The third-order valence-corrected chi connectivity index (χ3v) is 4.41. The molecule has 0 aromatic heterocycles. The fourth-order valence-corrected chi connectivity index (χ4v) is 3.05. The summed E-state index contributed by atoms with van der Waals surface area (Å²) in [6.07, 6.45) is 5.42. The van der Waals surface area contributed by atoms with Crippen LogP contribution in [0.15, 0.2) is 24.3 Å². The quantitative estimate of drug-likeness (QED) is 0.827. The van der Waals surface area contributed by atoms with Crippen LogP contribution in [0.25, 0.3) is 0 Å². The van der Waals surface area contributed by atoms with Gasteiger partial charge in [0.25, 0.3) is 0 Å². The summed E-state index contributed by atoms with van der Waals surface area (Å²) in [4.78, 5) is 2.63. The molecule has 1 N–H and O–H groups in total. The van der Waals surface area contributed by atoms with Crippen molar-refractivity contribution in [3.63, 3.8) is 0 Å². The first-order valence-corrected chi connectivity index (χ1v) is 7.99. The van der Waals surface area contributed by atoms with E-state index in [-0.39, 0.29) is 0 Å². The highest BCUT2D eigenvalue weighted by Crippen LogP contribution is 2.27. The zero-order chi connectivity index (χ0) is 13.8. The van der Waals surface area contributed by atoms with Gasteiger partial charge in [-0.3, -0.25) is 4.90 Å². The minimum absolute atomic E-state index is 0.703. The maximum atomic E-state index is 5.95. The van der Waals surface area contributed by atoms with Crippen LogP contribution in [0.4, 0.5) is 0 Å². The number of hydrogen-bond donors (Lipinski definition) is 1. The zero-order valence-corrected chi connectivity index (χ0v) is 12.5. The van der Waals surface area contributed by atoms with Crippen LogP contribution in [0.5, 0.6) is 5.75 Å². The van der Waals surface area contributed by atoms with Crippen LogP contribution in [-0.4, -0.2) is 43.2 Å². The molecule has 1 unspecified atom stereocenters. The number of rotatable bonds is 7. The van der Waals surface area contributed by atoms with Crippen molar-refractivity contribution >= 4 is 0 Å². The molecule has 0 radical (unpaired) electrons. The van der Waals surface area contributed by atoms with Crippen LogP contribution in [0.3, 0.4) is 0 Å². The average Bonchev–Trinajstić information content (AvgIpc) is 3.18. The summed E-state index contributed by atoms with van der Waals surface area (Å²) in [7, 11) is 0. The minimum atomic E-state index is 0.703. The van der Waals surface area contributed by atoms with Gasteiger partial charge >= 0.3 is 0 Å². The van der Waals surface area contributed by atoms with E-state index in [1.807, 2.05) is 6.07 Å². The first-order chi connectivity index (χ1) is 9.83. The molecular weight excluding hydrogens is 248 g/mol. The van der Waals surface area contributed by atoms with Gasteiger partial charge in [0.05, 0.1) is 0 Å². The average molecular weight is 274 g/mol. The Morgan fingerprint density at radius 2 is 2.10 bits per heavy atom. The van der Waals surface area contributed by atoms with E-state index in [1.54, 1.807) is 0 Å². The molecule has 0 bridgehead atoms. The Bertz CT molecular complexity index is 425. The van der Waals surface area contributed by atoms with Crippen molar-refractivity contribution in [3.8, 4) is 5.75 Å². The summed E-state index contributed by atoms with van der Waals surface area (Å²) in [6.45, 7) is 6.35. The molecule has 110 valence electrons. The summed E-state index contributed by atoms with van der Waals surface area (Å²) in [5.74, 6) is 1.03. The highest BCUT2D eigenvalue weighted by Gasteiger charge is 2.30. The largest absolute Gasteiger partial charge is 0.492 e. The van der Waals surface area contributed by atoms with Gasteiger partial charge in [-0.2, -0.15) is 0 Å². The van der Waals surface area contributed by atoms with Crippen molar-refractivity contribution in [1.82, 2.24) is 10.2 Å². The van der Waals surface area contributed by atoms with Gasteiger partial charge in [-0.05, 0) is 50.8 Å². The molecule has 1 aromatic carbocycles. The highest BCUT2D eigenvalue weighted by atomic mass is 16.5. The number of hydrogen-bond acceptors (Lipinski definition) is 3. The maximum Gasteiger partial charge on any atom is 0.122 e. The number of nitrogens with one attached hydrogen (secondary N) is 1. The Labute approximate surface area is 122 Å². The molecular formula is C17H26N2O. The number of aryl methyl sites for hydroxylation is 1. The lowest BCUT2D eigenvalue weighted by Gasteiger charge is -2.25. The van der Waals surface area contributed by atoms with Gasteiger partial charge in [0.1, 0.15) is 12.4 Å². The van der Waals surface area contributed by atoms with Crippen LogP contribution < -0.4 is 10.1 Å². The summed E-state index contributed by atoms with van der Waals surface area (Å²) in [6, 6.07) is 9.80. The molecule has 1 aromatic rings. The second-order valence-electron chi connectivity index (χ2n) is 6.13. The van der Waals surface area contributed by atoms with Crippen molar-refractivity contribution in [2.75, 3.05) is 26.2 Å². The fraction of sp³-hybridized carbons (Fsp3) is 0.647. The van der Waals surface area contributed by atoms with E-state index < -0.39 is 0 Å². The van der Waals surface area contributed by atoms with E-state index >= 15 is 0 Å². The Kier molecular flexibility index (Phi) is 4.58. The standard InChI is InChI=1S/C17H26N2O/c1-14-5-2-3-7-17(14)20-12-11-19(16-8-9-16)13-15-6-4-10-18-15/h2-3,5,7,15-16,18H,4,6,8-13H2,1H3.